The zero-order valence-electron chi connectivity index (χ0n) is 13.2. The Morgan fingerprint density at radius 3 is 2.57 bits per heavy atom. The predicted molar refractivity (Wildman–Crippen MR) is 87.2 cm³/mol. The minimum atomic E-state index is 0.241. The van der Waals surface area contributed by atoms with Crippen LogP contribution in [0.4, 0.5) is 0 Å². The first kappa shape index (κ1) is 16.0. The Morgan fingerprint density at radius 2 is 1.86 bits per heavy atom. The summed E-state index contributed by atoms with van der Waals surface area (Å²) in [6.45, 7) is 2.93. The number of piperidine rings is 1. The van der Waals surface area contributed by atoms with Crippen molar-refractivity contribution in [2.24, 2.45) is 5.92 Å². The van der Waals surface area contributed by atoms with Crippen LogP contribution in [0.25, 0.3) is 0 Å². The summed E-state index contributed by atoms with van der Waals surface area (Å²) in [5.74, 6) is 0.511. The Bertz CT molecular complexity index is 410. The van der Waals surface area contributed by atoms with Gasteiger partial charge in [0.25, 0.3) is 0 Å². The Hall–Kier alpha value is -1.35. The third-order valence-corrected chi connectivity index (χ3v) is 4.37. The van der Waals surface area contributed by atoms with Crippen molar-refractivity contribution in [3.8, 4) is 0 Å². The van der Waals surface area contributed by atoms with Crippen LogP contribution in [-0.2, 0) is 11.2 Å². The molecule has 21 heavy (non-hydrogen) atoms. The van der Waals surface area contributed by atoms with Gasteiger partial charge < -0.3 is 10.2 Å². The summed E-state index contributed by atoms with van der Waals surface area (Å²) in [4.78, 5) is 14.3. The van der Waals surface area contributed by atoms with E-state index < -0.39 is 0 Å². The molecule has 0 aliphatic carbocycles. The van der Waals surface area contributed by atoms with E-state index in [2.05, 4.69) is 47.6 Å². The van der Waals surface area contributed by atoms with Crippen molar-refractivity contribution in [2.45, 2.75) is 38.5 Å². The highest BCUT2D eigenvalue weighted by atomic mass is 16.1. The highest BCUT2D eigenvalue weighted by Crippen LogP contribution is 2.15. The second kappa shape index (κ2) is 8.83. The molecule has 1 saturated heterocycles. The molecule has 116 valence electrons. The number of unbranched alkanes of at least 4 members (excludes halogenated alkanes) is 2. The van der Waals surface area contributed by atoms with E-state index in [1.165, 1.54) is 18.4 Å². The summed E-state index contributed by atoms with van der Waals surface area (Å²) in [7, 11) is 2.13. The molecule has 1 N–H and O–H groups in total. The van der Waals surface area contributed by atoms with Gasteiger partial charge >= 0.3 is 0 Å². The highest BCUT2D eigenvalue weighted by molar-refractivity contribution is 5.78. The van der Waals surface area contributed by atoms with E-state index in [4.69, 9.17) is 0 Å². The lowest BCUT2D eigenvalue weighted by molar-refractivity contribution is -0.126. The van der Waals surface area contributed by atoms with Gasteiger partial charge in [-0.2, -0.15) is 0 Å². The summed E-state index contributed by atoms with van der Waals surface area (Å²) < 4.78 is 0. The van der Waals surface area contributed by atoms with Crippen molar-refractivity contribution in [3.05, 3.63) is 35.9 Å². The normalized spacial score (nSPS) is 16.8. The summed E-state index contributed by atoms with van der Waals surface area (Å²) in [5, 5.41) is 3.11. The molecule has 1 aromatic rings. The zero-order chi connectivity index (χ0) is 14.9. The maximum absolute atomic E-state index is 12.0. The molecule has 1 heterocycles. The number of carbonyl (C=O) groups is 1. The maximum atomic E-state index is 12.0. The average Bonchev–Trinajstić information content (AvgIpc) is 2.52. The maximum Gasteiger partial charge on any atom is 0.223 e. The third kappa shape index (κ3) is 5.88. The standard InChI is InChI=1S/C18H28N2O/c1-20-14-11-17(12-15-20)18(21)19-13-7-3-6-10-16-8-4-2-5-9-16/h2,4-5,8-9,17H,3,6-7,10-15H2,1H3,(H,19,21). The number of nitrogens with zero attached hydrogens (tertiary/aromatic N) is 1. The van der Waals surface area contributed by atoms with Crippen LogP contribution in [0.2, 0.25) is 0 Å². The van der Waals surface area contributed by atoms with Gasteiger partial charge in [-0.1, -0.05) is 36.8 Å². The molecule has 0 saturated carbocycles. The van der Waals surface area contributed by atoms with Crippen molar-refractivity contribution in [2.75, 3.05) is 26.7 Å². The Balaban J connectivity index is 1.50. The molecule has 3 nitrogen and oxygen atoms in total. The molecule has 0 bridgehead atoms. The van der Waals surface area contributed by atoms with Crippen molar-refractivity contribution < 1.29 is 4.79 Å². The molecular weight excluding hydrogens is 260 g/mol. The Morgan fingerprint density at radius 1 is 1.14 bits per heavy atom. The first-order valence-corrected chi connectivity index (χ1v) is 8.26. The molecular formula is C18H28N2O. The van der Waals surface area contributed by atoms with E-state index in [-0.39, 0.29) is 11.8 Å². The van der Waals surface area contributed by atoms with Crippen molar-refractivity contribution in [3.63, 3.8) is 0 Å². The largest absolute Gasteiger partial charge is 0.356 e. The number of carbonyl (C=O) groups excluding carboxylic acids is 1. The van der Waals surface area contributed by atoms with Crippen LogP contribution in [0, 0.1) is 5.92 Å². The molecule has 3 heteroatoms. The van der Waals surface area contributed by atoms with Crippen LogP contribution >= 0.6 is 0 Å². The van der Waals surface area contributed by atoms with Gasteiger partial charge in [0.1, 0.15) is 0 Å². The van der Waals surface area contributed by atoms with Crippen molar-refractivity contribution in [1.29, 1.82) is 0 Å². The molecule has 0 aromatic heterocycles. The van der Waals surface area contributed by atoms with Gasteiger partial charge in [-0.15, -0.1) is 0 Å². The highest BCUT2D eigenvalue weighted by Gasteiger charge is 2.22. The fourth-order valence-corrected chi connectivity index (χ4v) is 2.90. The number of amides is 1. The Labute approximate surface area is 128 Å². The van der Waals surface area contributed by atoms with Gasteiger partial charge in [-0.3, -0.25) is 4.79 Å². The number of nitrogens with one attached hydrogen (secondary N) is 1. The van der Waals surface area contributed by atoms with Crippen molar-refractivity contribution in [1.82, 2.24) is 10.2 Å². The quantitative estimate of drug-likeness (QED) is 0.783. The van der Waals surface area contributed by atoms with Gasteiger partial charge in [0, 0.05) is 12.5 Å². The number of aryl methyl sites for hydroxylation is 1. The van der Waals surface area contributed by atoms with E-state index in [1.807, 2.05) is 0 Å². The van der Waals surface area contributed by atoms with Crippen LogP contribution in [0.3, 0.4) is 0 Å². The summed E-state index contributed by atoms with van der Waals surface area (Å²) in [5.41, 5.74) is 1.41. The molecule has 0 atom stereocenters. The molecule has 1 aromatic carbocycles. The number of rotatable bonds is 7. The van der Waals surface area contributed by atoms with E-state index >= 15 is 0 Å². The molecule has 1 fully saturated rings. The lowest BCUT2D eigenvalue weighted by atomic mass is 9.96. The van der Waals surface area contributed by atoms with Gasteiger partial charge in [0.05, 0.1) is 0 Å². The van der Waals surface area contributed by atoms with Crippen LogP contribution in [0.5, 0.6) is 0 Å². The second-order valence-corrected chi connectivity index (χ2v) is 6.16. The van der Waals surface area contributed by atoms with Gasteiger partial charge in [0.15, 0.2) is 0 Å². The first-order valence-electron chi connectivity index (χ1n) is 8.26. The molecule has 0 radical (unpaired) electrons. The lowest BCUT2D eigenvalue weighted by Gasteiger charge is -2.28. The van der Waals surface area contributed by atoms with E-state index in [1.54, 1.807) is 0 Å². The van der Waals surface area contributed by atoms with E-state index in [9.17, 15) is 4.79 Å². The number of hydrogen-bond donors (Lipinski definition) is 1. The molecule has 1 amide bonds. The fourth-order valence-electron chi connectivity index (χ4n) is 2.90. The third-order valence-electron chi connectivity index (χ3n) is 4.37. The number of benzene rings is 1. The summed E-state index contributed by atoms with van der Waals surface area (Å²) >= 11 is 0. The van der Waals surface area contributed by atoms with Crippen molar-refractivity contribution >= 4 is 5.91 Å². The SMILES string of the molecule is CN1CCC(C(=O)NCCCCCc2ccccc2)CC1. The van der Waals surface area contributed by atoms with Crippen LogP contribution in [-0.4, -0.2) is 37.5 Å². The average molecular weight is 288 g/mol. The number of likely N-dealkylation sites (tertiary alicyclic amines) is 1. The number of hydrogen-bond acceptors (Lipinski definition) is 2. The van der Waals surface area contributed by atoms with Crippen LogP contribution in [0.1, 0.15) is 37.7 Å². The van der Waals surface area contributed by atoms with Gasteiger partial charge in [-0.05, 0) is 57.8 Å². The fraction of sp³-hybridized carbons (Fsp3) is 0.611. The minimum Gasteiger partial charge on any atom is -0.356 e. The molecule has 1 aliphatic heterocycles. The van der Waals surface area contributed by atoms with E-state index in [0.29, 0.717) is 0 Å². The monoisotopic (exact) mass is 288 g/mol. The zero-order valence-corrected chi connectivity index (χ0v) is 13.2. The lowest BCUT2D eigenvalue weighted by Crippen LogP contribution is -2.39. The Kier molecular flexibility index (Phi) is 6.74. The van der Waals surface area contributed by atoms with Crippen LogP contribution in [0.15, 0.2) is 30.3 Å². The molecule has 2 rings (SSSR count). The first-order chi connectivity index (χ1) is 10.3. The van der Waals surface area contributed by atoms with E-state index in [0.717, 1.165) is 45.3 Å². The topological polar surface area (TPSA) is 32.3 Å². The molecule has 1 aliphatic rings. The summed E-state index contributed by atoms with van der Waals surface area (Å²) in [6.07, 6.45) is 6.64. The minimum absolute atomic E-state index is 0.241. The molecule has 0 spiro atoms. The smallest absolute Gasteiger partial charge is 0.223 e. The predicted octanol–water partition coefficient (Wildman–Crippen LogP) is 2.86. The molecule has 0 unspecified atom stereocenters. The van der Waals surface area contributed by atoms with Crippen LogP contribution < -0.4 is 5.32 Å². The van der Waals surface area contributed by atoms with Gasteiger partial charge in [0.2, 0.25) is 5.91 Å². The second-order valence-electron chi connectivity index (χ2n) is 6.16. The van der Waals surface area contributed by atoms with Gasteiger partial charge in [-0.25, -0.2) is 0 Å². The summed E-state index contributed by atoms with van der Waals surface area (Å²) in [6, 6.07) is 10.6.